The van der Waals surface area contributed by atoms with Gasteiger partial charge in [-0.2, -0.15) is 12.7 Å². The van der Waals surface area contributed by atoms with E-state index in [9.17, 15) is 18.0 Å². The highest BCUT2D eigenvalue weighted by Crippen LogP contribution is 2.37. The number of nitrogens with zero attached hydrogens (tertiary/aromatic N) is 4. The number of hydrogen-bond acceptors (Lipinski definition) is 8. The van der Waals surface area contributed by atoms with Crippen LogP contribution in [0.15, 0.2) is 27.8 Å². The van der Waals surface area contributed by atoms with Gasteiger partial charge in [0, 0.05) is 13.1 Å². The normalized spacial score (nSPS) is 20.8. The van der Waals surface area contributed by atoms with Gasteiger partial charge in [0.15, 0.2) is 5.84 Å². The van der Waals surface area contributed by atoms with Crippen molar-refractivity contribution in [1.29, 1.82) is 0 Å². The zero-order valence-corrected chi connectivity index (χ0v) is 16.0. The van der Waals surface area contributed by atoms with E-state index in [0.717, 1.165) is 11.1 Å². The highest BCUT2D eigenvalue weighted by Gasteiger charge is 2.31. The summed E-state index contributed by atoms with van der Waals surface area (Å²) in [6.45, 7) is 0.432. The van der Waals surface area contributed by atoms with Crippen LogP contribution in [0, 0.1) is 5.82 Å². The molecule has 2 aromatic rings. The first-order valence-corrected chi connectivity index (χ1v) is 10.4. The van der Waals surface area contributed by atoms with Gasteiger partial charge >= 0.3 is 0 Å². The lowest BCUT2D eigenvalue weighted by molar-refractivity contribution is 0.123. The number of halogens is 1. The summed E-state index contributed by atoms with van der Waals surface area (Å²) in [5.41, 5.74) is 3.73. The summed E-state index contributed by atoms with van der Waals surface area (Å²) in [5.74, 6) is -0.374. The molecule has 0 bridgehead atoms. The third-order valence-electron chi connectivity index (χ3n) is 4.99. The van der Waals surface area contributed by atoms with Gasteiger partial charge < -0.3 is 4.74 Å². The molecule has 1 atom stereocenters. The summed E-state index contributed by atoms with van der Waals surface area (Å²) in [4.78, 5) is 4.37. The van der Waals surface area contributed by atoms with Gasteiger partial charge in [0.2, 0.25) is 5.69 Å². The highest BCUT2D eigenvalue weighted by molar-refractivity contribution is 7.86. The predicted molar refractivity (Wildman–Crippen MR) is 96.9 cm³/mol. The van der Waals surface area contributed by atoms with E-state index in [0.29, 0.717) is 19.3 Å². The van der Waals surface area contributed by atoms with E-state index in [1.807, 2.05) is 5.48 Å². The summed E-state index contributed by atoms with van der Waals surface area (Å²) in [6, 6.07) is 4.14. The molecule has 156 valence electrons. The van der Waals surface area contributed by atoms with E-state index in [-0.39, 0.29) is 48.5 Å². The molecule has 1 aliphatic heterocycles. The second kappa shape index (κ2) is 7.67. The predicted octanol–water partition coefficient (Wildman–Crippen LogP) is 0.278. The van der Waals surface area contributed by atoms with Crippen molar-refractivity contribution < 1.29 is 27.4 Å². The number of hydrogen-bond donors (Lipinski definition) is 3. The third kappa shape index (κ3) is 4.07. The molecular formula is C16H19FN6O5S. The van der Waals surface area contributed by atoms with Crippen LogP contribution < -0.4 is 15.4 Å². The molecule has 29 heavy (non-hydrogen) atoms. The van der Waals surface area contributed by atoms with Gasteiger partial charge in [-0.05, 0) is 52.8 Å². The summed E-state index contributed by atoms with van der Waals surface area (Å²) in [5, 5.41) is 22.1. The van der Waals surface area contributed by atoms with E-state index in [4.69, 9.17) is 14.5 Å². The van der Waals surface area contributed by atoms with Crippen LogP contribution in [0.1, 0.15) is 35.7 Å². The smallest absolute Gasteiger partial charge is 0.287 e. The SMILES string of the molecule is NS(=O)(=O)N1CCC(Oc2nonc2C(=N[C@H]2Cc3ccc(F)cc32)NO)CC1. The number of amidine groups is 1. The Morgan fingerprint density at radius 1 is 1.38 bits per heavy atom. The molecule has 1 saturated heterocycles. The summed E-state index contributed by atoms with van der Waals surface area (Å²) in [7, 11) is -3.73. The molecule has 13 heteroatoms. The number of piperidine rings is 1. The maximum absolute atomic E-state index is 13.5. The van der Waals surface area contributed by atoms with Crippen molar-refractivity contribution in [3.05, 3.63) is 40.8 Å². The molecule has 1 fully saturated rings. The molecule has 1 aliphatic carbocycles. The number of aliphatic imine (C=N–C) groups is 1. The average Bonchev–Trinajstić information content (AvgIpc) is 3.12. The van der Waals surface area contributed by atoms with Crippen molar-refractivity contribution in [2.45, 2.75) is 31.4 Å². The molecule has 4 rings (SSSR count). The van der Waals surface area contributed by atoms with E-state index < -0.39 is 10.2 Å². The first kappa shape index (κ1) is 19.7. The van der Waals surface area contributed by atoms with Crippen LogP contribution in [0.5, 0.6) is 5.88 Å². The summed E-state index contributed by atoms with van der Waals surface area (Å²) < 4.78 is 47.9. The Kier molecular flexibility index (Phi) is 5.21. The zero-order valence-electron chi connectivity index (χ0n) is 15.2. The number of hydroxylamine groups is 1. The minimum atomic E-state index is -3.73. The van der Waals surface area contributed by atoms with E-state index in [2.05, 4.69) is 15.3 Å². The van der Waals surface area contributed by atoms with Gasteiger partial charge in [-0.1, -0.05) is 6.07 Å². The van der Waals surface area contributed by atoms with Crippen LogP contribution in [0.4, 0.5) is 4.39 Å². The topological polar surface area (TPSA) is 156 Å². The van der Waals surface area contributed by atoms with Gasteiger partial charge in [-0.25, -0.2) is 14.2 Å². The molecule has 2 heterocycles. The molecule has 4 N–H and O–H groups in total. The van der Waals surface area contributed by atoms with Crippen LogP contribution >= 0.6 is 0 Å². The van der Waals surface area contributed by atoms with E-state index in [1.54, 1.807) is 6.07 Å². The van der Waals surface area contributed by atoms with Gasteiger partial charge in [-0.3, -0.25) is 15.7 Å². The number of fused-ring (bicyclic) bond motifs is 1. The van der Waals surface area contributed by atoms with Crippen molar-refractivity contribution in [2.24, 2.45) is 10.1 Å². The van der Waals surface area contributed by atoms with Crippen LogP contribution in [0.3, 0.4) is 0 Å². The van der Waals surface area contributed by atoms with Gasteiger partial charge in [0.05, 0.1) is 6.04 Å². The molecule has 0 radical (unpaired) electrons. The Morgan fingerprint density at radius 3 is 2.83 bits per heavy atom. The summed E-state index contributed by atoms with van der Waals surface area (Å²) >= 11 is 0. The lowest BCUT2D eigenvalue weighted by atomic mass is 9.83. The first-order chi connectivity index (χ1) is 13.8. The van der Waals surface area contributed by atoms with Gasteiger partial charge in [0.25, 0.3) is 16.1 Å². The standard InChI is InChI=1S/C16H19FN6O5S/c17-10-2-1-9-7-13(12(9)8-10)19-15(20-24)14-16(22-28-21-14)27-11-3-5-23(6-4-11)29(18,25)26/h1-2,8,11,13,24H,3-7H2,(H,19,20)(H2,18,25,26)/t13-/m0/s1. The second-order valence-corrected chi connectivity index (χ2v) is 8.38. The minimum absolute atomic E-state index is 0.0122. The van der Waals surface area contributed by atoms with Crippen molar-refractivity contribution in [3.63, 3.8) is 0 Å². The van der Waals surface area contributed by atoms with Crippen molar-refractivity contribution in [2.75, 3.05) is 13.1 Å². The number of nitrogens with two attached hydrogens (primary N) is 1. The number of rotatable bonds is 5. The molecule has 1 aromatic carbocycles. The molecule has 0 saturated carbocycles. The maximum atomic E-state index is 13.5. The van der Waals surface area contributed by atoms with Crippen molar-refractivity contribution in [1.82, 2.24) is 20.1 Å². The van der Waals surface area contributed by atoms with Gasteiger partial charge in [0.1, 0.15) is 11.9 Å². The Bertz CT molecular complexity index is 1030. The fourth-order valence-electron chi connectivity index (χ4n) is 3.43. The Morgan fingerprint density at radius 2 is 2.14 bits per heavy atom. The lowest BCUT2D eigenvalue weighted by Gasteiger charge is -2.29. The lowest BCUT2D eigenvalue weighted by Crippen LogP contribution is -2.44. The molecule has 1 aromatic heterocycles. The molecule has 0 unspecified atom stereocenters. The quantitative estimate of drug-likeness (QED) is 0.350. The maximum Gasteiger partial charge on any atom is 0.287 e. The largest absolute Gasteiger partial charge is 0.470 e. The third-order valence-corrected chi connectivity index (χ3v) is 6.08. The molecule has 0 amide bonds. The first-order valence-electron chi connectivity index (χ1n) is 8.89. The molecule has 0 spiro atoms. The molecule has 11 nitrogen and oxygen atoms in total. The Hall–Kier alpha value is -2.61. The number of aromatic nitrogens is 2. The zero-order chi connectivity index (χ0) is 20.6. The van der Waals surface area contributed by atoms with Crippen molar-refractivity contribution >= 4 is 16.0 Å². The van der Waals surface area contributed by atoms with Crippen molar-refractivity contribution in [3.8, 4) is 5.88 Å². The average molecular weight is 426 g/mol. The number of benzene rings is 1. The van der Waals surface area contributed by atoms with E-state index in [1.165, 1.54) is 16.4 Å². The van der Waals surface area contributed by atoms with Gasteiger partial charge in [-0.15, -0.1) is 0 Å². The summed E-state index contributed by atoms with van der Waals surface area (Å²) in [6.07, 6.45) is 1.06. The molecule has 2 aliphatic rings. The highest BCUT2D eigenvalue weighted by atomic mass is 32.2. The monoisotopic (exact) mass is 426 g/mol. The van der Waals surface area contributed by atoms with Crippen LogP contribution in [-0.4, -0.2) is 53.3 Å². The Labute approximate surface area is 165 Å². The van der Waals surface area contributed by atoms with Crippen LogP contribution in [0.2, 0.25) is 0 Å². The second-order valence-electron chi connectivity index (χ2n) is 6.83. The number of ether oxygens (including phenoxy) is 1. The number of nitrogens with one attached hydrogen (secondary N) is 1. The van der Waals surface area contributed by atoms with Crippen LogP contribution in [-0.2, 0) is 16.6 Å². The fourth-order valence-corrected chi connectivity index (χ4v) is 4.15. The van der Waals surface area contributed by atoms with Crippen LogP contribution in [0.25, 0.3) is 0 Å². The minimum Gasteiger partial charge on any atom is -0.470 e. The fraction of sp³-hybridized carbons (Fsp3) is 0.438. The van der Waals surface area contributed by atoms with E-state index >= 15 is 0 Å². The molecular weight excluding hydrogens is 407 g/mol. The Balaban J connectivity index is 1.47.